The van der Waals surface area contributed by atoms with E-state index in [-0.39, 0.29) is 30.1 Å². The van der Waals surface area contributed by atoms with Crippen LogP contribution in [0, 0.1) is 5.92 Å². The summed E-state index contributed by atoms with van der Waals surface area (Å²) in [6.45, 7) is 5.17. The number of nitrogens with one attached hydrogen (secondary N) is 2. The van der Waals surface area contributed by atoms with Gasteiger partial charge in [0, 0.05) is 38.9 Å². The number of halogens is 1. The summed E-state index contributed by atoms with van der Waals surface area (Å²) in [6.07, 6.45) is 3.02. The van der Waals surface area contributed by atoms with Gasteiger partial charge in [-0.2, -0.15) is 5.10 Å². The number of guanidine groups is 1. The number of aryl methyl sites for hydroxylation is 1. The van der Waals surface area contributed by atoms with Crippen LogP contribution in [-0.4, -0.2) is 35.4 Å². The van der Waals surface area contributed by atoms with E-state index >= 15 is 0 Å². The molecule has 2 aromatic rings. The Hall–Kier alpha value is -1.61. The molecule has 1 saturated heterocycles. The Bertz CT molecular complexity index is 688. The highest BCUT2D eigenvalue weighted by atomic mass is 127. The molecule has 2 heterocycles. The van der Waals surface area contributed by atoms with Crippen LogP contribution in [0.25, 0.3) is 0 Å². The number of nitrogens with zero attached hydrogens (tertiary/aromatic N) is 3. The summed E-state index contributed by atoms with van der Waals surface area (Å²) < 4.78 is 7.82. The minimum atomic E-state index is 0. The van der Waals surface area contributed by atoms with Crippen molar-refractivity contribution in [3.63, 3.8) is 0 Å². The highest BCUT2D eigenvalue weighted by Gasteiger charge is 2.29. The molecule has 0 amide bonds. The second-order valence-electron chi connectivity index (χ2n) is 6.27. The van der Waals surface area contributed by atoms with Crippen molar-refractivity contribution in [3.05, 3.63) is 53.9 Å². The molecule has 1 aromatic heterocycles. The Kier molecular flexibility index (Phi) is 8.37. The van der Waals surface area contributed by atoms with Crippen molar-refractivity contribution in [2.24, 2.45) is 18.0 Å². The minimum absolute atomic E-state index is 0. The van der Waals surface area contributed by atoms with Gasteiger partial charge in [-0.25, -0.2) is 4.99 Å². The van der Waals surface area contributed by atoms with Crippen molar-refractivity contribution in [3.8, 4) is 0 Å². The summed E-state index contributed by atoms with van der Waals surface area (Å²) in [5.74, 6) is 1.28. The lowest BCUT2D eigenvalue weighted by molar-refractivity contribution is 0.0915. The number of ether oxygens (including phenoxy) is 1. The van der Waals surface area contributed by atoms with Crippen molar-refractivity contribution in [1.29, 1.82) is 0 Å². The van der Waals surface area contributed by atoms with Crippen LogP contribution in [0.1, 0.15) is 30.7 Å². The van der Waals surface area contributed by atoms with Crippen LogP contribution >= 0.6 is 24.0 Å². The summed E-state index contributed by atoms with van der Waals surface area (Å²) in [4.78, 5) is 4.67. The lowest BCUT2D eigenvalue weighted by Crippen LogP contribution is -2.40. The van der Waals surface area contributed by atoms with E-state index in [1.807, 2.05) is 23.9 Å². The zero-order valence-corrected chi connectivity index (χ0v) is 17.7. The number of hydrogen-bond acceptors (Lipinski definition) is 3. The molecule has 26 heavy (non-hydrogen) atoms. The third-order valence-electron chi connectivity index (χ3n) is 4.54. The Morgan fingerprint density at radius 3 is 2.77 bits per heavy atom. The summed E-state index contributed by atoms with van der Waals surface area (Å²) >= 11 is 0. The predicted octanol–water partition coefficient (Wildman–Crippen LogP) is 2.87. The van der Waals surface area contributed by atoms with Gasteiger partial charge in [0.1, 0.15) is 0 Å². The fourth-order valence-electron chi connectivity index (χ4n) is 3.14. The number of aliphatic imine (C=N–C) groups is 1. The molecule has 1 aliphatic heterocycles. The van der Waals surface area contributed by atoms with E-state index in [0.717, 1.165) is 37.8 Å². The average molecular weight is 469 g/mol. The normalized spacial score (nSPS) is 19.8. The quantitative estimate of drug-likeness (QED) is 0.388. The molecule has 0 saturated carbocycles. The number of rotatable bonds is 6. The van der Waals surface area contributed by atoms with E-state index in [2.05, 4.69) is 51.9 Å². The molecule has 2 atom stereocenters. The fourth-order valence-corrected chi connectivity index (χ4v) is 3.14. The smallest absolute Gasteiger partial charge is 0.191 e. The SMILES string of the molecule is CCNC(=NCc1ccnn1C)NCC1CCOC1c1ccccc1.I. The third-order valence-corrected chi connectivity index (χ3v) is 4.54. The first-order chi connectivity index (χ1) is 12.3. The Labute approximate surface area is 172 Å². The molecule has 0 aliphatic carbocycles. The maximum absolute atomic E-state index is 5.97. The Morgan fingerprint density at radius 1 is 1.27 bits per heavy atom. The molecular formula is C19H28IN5O. The van der Waals surface area contributed by atoms with Crippen molar-refractivity contribution in [2.45, 2.75) is 26.0 Å². The maximum Gasteiger partial charge on any atom is 0.191 e. The van der Waals surface area contributed by atoms with Gasteiger partial charge in [-0.3, -0.25) is 4.68 Å². The van der Waals surface area contributed by atoms with Crippen molar-refractivity contribution < 1.29 is 4.74 Å². The van der Waals surface area contributed by atoms with Gasteiger partial charge in [0.15, 0.2) is 5.96 Å². The molecule has 0 bridgehead atoms. The average Bonchev–Trinajstić information content (AvgIpc) is 3.27. The van der Waals surface area contributed by atoms with Gasteiger partial charge in [-0.1, -0.05) is 30.3 Å². The van der Waals surface area contributed by atoms with Gasteiger partial charge >= 0.3 is 0 Å². The first-order valence-electron chi connectivity index (χ1n) is 8.93. The van der Waals surface area contributed by atoms with Gasteiger partial charge in [0.2, 0.25) is 0 Å². The summed E-state index contributed by atoms with van der Waals surface area (Å²) in [5.41, 5.74) is 2.34. The van der Waals surface area contributed by atoms with Crippen molar-refractivity contribution in [1.82, 2.24) is 20.4 Å². The minimum Gasteiger partial charge on any atom is -0.373 e. The van der Waals surface area contributed by atoms with Crippen LogP contribution in [0.4, 0.5) is 0 Å². The first-order valence-corrected chi connectivity index (χ1v) is 8.93. The number of aromatic nitrogens is 2. The molecule has 1 fully saturated rings. The second kappa shape index (κ2) is 10.5. The van der Waals surface area contributed by atoms with Crippen LogP contribution in [0.3, 0.4) is 0 Å². The molecule has 2 unspecified atom stereocenters. The monoisotopic (exact) mass is 469 g/mol. The van der Waals surface area contributed by atoms with Gasteiger partial charge in [0.25, 0.3) is 0 Å². The molecular weight excluding hydrogens is 441 g/mol. The maximum atomic E-state index is 5.97. The van der Waals surface area contributed by atoms with Gasteiger partial charge in [0.05, 0.1) is 18.3 Å². The molecule has 2 N–H and O–H groups in total. The standard InChI is InChI=1S/C19H27N5O.HI/c1-3-20-19(22-14-17-9-11-23-24(17)2)21-13-16-10-12-25-18(16)15-7-5-4-6-8-15;/h4-9,11,16,18H,3,10,12-14H2,1-2H3,(H2,20,21,22);1H. The second-order valence-corrected chi connectivity index (χ2v) is 6.27. The summed E-state index contributed by atoms with van der Waals surface area (Å²) in [5, 5.41) is 11.0. The highest BCUT2D eigenvalue weighted by Crippen LogP contribution is 2.33. The Morgan fingerprint density at radius 2 is 2.08 bits per heavy atom. The summed E-state index contributed by atoms with van der Waals surface area (Å²) in [6, 6.07) is 12.5. The molecule has 7 heteroatoms. The topological polar surface area (TPSA) is 63.5 Å². The van der Waals surface area contributed by atoms with E-state index in [9.17, 15) is 0 Å². The van der Waals surface area contributed by atoms with Crippen LogP contribution in [0.5, 0.6) is 0 Å². The number of hydrogen-bond donors (Lipinski definition) is 2. The molecule has 1 aromatic carbocycles. The van der Waals surface area contributed by atoms with Crippen molar-refractivity contribution >= 4 is 29.9 Å². The molecule has 0 radical (unpaired) electrons. The third kappa shape index (κ3) is 5.44. The van der Waals surface area contributed by atoms with Gasteiger partial charge < -0.3 is 15.4 Å². The first kappa shape index (κ1) is 20.7. The fraction of sp³-hybridized carbons (Fsp3) is 0.474. The predicted molar refractivity (Wildman–Crippen MR) is 115 cm³/mol. The van der Waals surface area contributed by atoms with Crippen LogP contribution in [0.15, 0.2) is 47.6 Å². The van der Waals surface area contributed by atoms with Crippen molar-refractivity contribution in [2.75, 3.05) is 19.7 Å². The zero-order chi connectivity index (χ0) is 17.5. The van der Waals surface area contributed by atoms with Gasteiger partial charge in [-0.15, -0.1) is 24.0 Å². The molecule has 3 rings (SSSR count). The van der Waals surface area contributed by atoms with E-state index in [0.29, 0.717) is 12.5 Å². The largest absolute Gasteiger partial charge is 0.373 e. The molecule has 1 aliphatic rings. The lowest BCUT2D eigenvalue weighted by Gasteiger charge is -2.20. The summed E-state index contributed by atoms with van der Waals surface area (Å²) in [7, 11) is 1.94. The van der Waals surface area contributed by atoms with Crippen LogP contribution in [0.2, 0.25) is 0 Å². The van der Waals surface area contributed by atoms with E-state index < -0.39 is 0 Å². The zero-order valence-electron chi connectivity index (χ0n) is 15.4. The number of benzene rings is 1. The van der Waals surface area contributed by atoms with Gasteiger partial charge in [-0.05, 0) is 25.0 Å². The van der Waals surface area contributed by atoms with Crippen LogP contribution < -0.4 is 10.6 Å². The molecule has 0 spiro atoms. The van der Waals surface area contributed by atoms with E-state index in [1.54, 1.807) is 6.20 Å². The van der Waals surface area contributed by atoms with E-state index in [4.69, 9.17) is 4.74 Å². The van der Waals surface area contributed by atoms with Crippen LogP contribution in [-0.2, 0) is 18.3 Å². The lowest BCUT2D eigenvalue weighted by atomic mass is 9.95. The highest BCUT2D eigenvalue weighted by molar-refractivity contribution is 14.0. The Balaban J connectivity index is 0.00000243. The van der Waals surface area contributed by atoms with E-state index in [1.165, 1.54) is 5.56 Å². The molecule has 6 nitrogen and oxygen atoms in total. The molecule has 142 valence electrons.